The summed E-state index contributed by atoms with van der Waals surface area (Å²) in [6.07, 6.45) is -4.93. The van der Waals surface area contributed by atoms with Gasteiger partial charge in [-0.1, -0.05) is 12.1 Å². The van der Waals surface area contributed by atoms with Gasteiger partial charge in [-0.15, -0.1) is 0 Å². The second-order valence-corrected chi connectivity index (χ2v) is 4.67. The quantitative estimate of drug-likeness (QED) is 0.873. The lowest BCUT2D eigenvalue weighted by atomic mass is 10.0. The molecule has 0 bridgehead atoms. The van der Waals surface area contributed by atoms with Crippen molar-refractivity contribution in [1.29, 1.82) is 5.26 Å². The summed E-state index contributed by atoms with van der Waals surface area (Å²) in [4.78, 5) is 23.0. The fourth-order valence-corrected chi connectivity index (χ4v) is 1.79. The minimum Gasteiger partial charge on any atom is -0.480 e. The lowest BCUT2D eigenvalue weighted by Crippen LogP contribution is -2.42. The van der Waals surface area contributed by atoms with Crippen molar-refractivity contribution in [3.8, 4) is 6.07 Å². The molecule has 0 aromatic heterocycles. The zero-order valence-corrected chi connectivity index (χ0v) is 11.5. The Morgan fingerprint density at radius 3 is 2.45 bits per heavy atom. The normalized spacial score (nSPS) is 13.8. The predicted octanol–water partition coefficient (Wildman–Crippen LogP) is 2.44. The zero-order valence-electron chi connectivity index (χ0n) is 11.5. The van der Waals surface area contributed by atoms with Crippen LogP contribution in [0.15, 0.2) is 24.3 Å². The van der Waals surface area contributed by atoms with Crippen LogP contribution in [-0.2, 0) is 11.0 Å². The number of carbonyl (C=O) groups is 2. The minimum absolute atomic E-state index is 0.203. The molecule has 0 heterocycles. The molecule has 0 radical (unpaired) electrons. The Labute approximate surface area is 124 Å². The fourth-order valence-electron chi connectivity index (χ4n) is 1.79. The van der Waals surface area contributed by atoms with E-state index in [2.05, 4.69) is 0 Å². The van der Waals surface area contributed by atoms with Crippen LogP contribution < -0.4 is 5.32 Å². The number of aliphatic carboxylic acids is 1. The monoisotopic (exact) mass is 314 g/mol. The van der Waals surface area contributed by atoms with Crippen molar-refractivity contribution in [3.63, 3.8) is 0 Å². The number of halogens is 3. The third kappa shape index (κ3) is 4.48. The summed E-state index contributed by atoms with van der Waals surface area (Å²) in [5.74, 6) is -3.23. The molecule has 1 rings (SSSR count). The van der Waals surface area contributed by atoms with Crippen LogP contribution in [0, 0.1) is 17.2 Å². The highest BCUT2D eigenvalue weighted by Crippen LogP contribution is 2.31. The Bertz CT molecular complexity index is 608. The number of hydrogen-bond acceptors (Lipinski definition) is 3. The van der Waals surface area contributed by atoms with E-state index >= 15 is 0 Å². The van der Waals surface area contributed by atoms with Crippen molar-refractivity contribution < 1.29 is 27.9 Å². The number of nitrogens with one attached hydrogen (secondary N) is 1. The largest absolute Gasteiger partial charge is 0.480 e. The van der Waals surface area contributed by atoms with E-state index in [-0.39, 0.29) is 6.42 Å². The van der Waals surface area contributed by atoms with Crippen LogP contribution in [0.5, 0.6) is 0 Å². The molecular formula is C14H13F3N2O3. The number of carboxylic acid groups (broad SMARTS) is 1. The Morgan fingerprint density at radius 2 is 1.95 bits per heavy atom. The van der Waals surface area contributed by atoms with E-state index in [1.807, 2.05) is 5.32 Å². The maximum Gasteiger partial charge on any atom is 0.417 e. The summed E-state index contributed by atoms with van der Waals surface area (Å²) in [5, 5.41) is 19.7. The first-order valence-corrected chi connectivity index (χ1v) is 6.26. The first-order valence-electron chi connectivity index (χ1n) is 6.26. The number of rotatable bonds is 5. The molecule has 0 aliphatic rings. The van der Waals surface area contributed by atoms with Crippen molar-refractivity contribution in [2.75, 3.05) is 0 Å². The van der Waals surface area contributed by atoms with Gasteiger partial charge in [-0.3, -0.25) is 4.79 Å². The molecule has 0 spiro atoms. The molecule has 0 aliphatic carbocycles. The van der Waals surface area contributed by atoms with E-state index in [9.17, 15) is 22.8 Å². The molecule has 8 heteroatoms. The molecule has 0 fully saturated rings. The van der Waals surface area contributed by atoms with Gasteiger partial charge in [0, 0.05) is 5.92 Å². The smallest absolute Gasteiger partial charge is 0.417 e. The third-order valence-electron chi connectivity index (χ3n) is 2.89. The third-order valence-corrected chi connectivity index (χ3v) is 2.89. The maximum absolute atomic E-state index is 12.8. The Balaban J connectivity index is 3.02. The second-order valence-electron chi connectivity index (χ2n) is 4.67. The number of benzene rings is 1. The Hall–Kier alpha value is -2.56. The number of carboxylic acids is 1. The fraction of sp³-hybridized carbons (Fsp3) is 0.357. The standard InChI is InChI=1S/C14H13F3N2O3/c1-8(7-18)6-11(13(21)22)19-12(20)9-4-2-3-5-10(9)14(15,16)17/h2-5,8,11H,6H2,1H3,(H,19,20)(H,21,22)/t8-,11+/m1/s1. The first-order chi connectivity index (χ1) is 10.2. The van der Waals surface area contributed by atoms with Gasteiger partial charge in [0.2, 0.25) is 0 Å². The van der Waals surface area contributed by atoms with Gasteiger partial charge in [-0.25, -0.2) is 4.79 Å². The highest BCUT2D eigenvalue weighted by atomic mass is 19.4. The van der Waals surface area contributed by atoms with E-state index in [4.69, 9.17) is 10.4 Å². The van der Waals surface area contributed by atoms with Crippen LogP contribution in [0.3, 0.4) is 0 Å². The number of nitrogens with zero attached hydrogens (tertiary/aromatic N) is 1. The van der Waals surface area contributed by atoms with Gasteiger partial charge in [0.1, 0.15) is 6.04 Å². The number of amides is 1. The number of hydrogen-bond donors (Lipinski definition) is 2. The molecule has 2 atom stereocenters. The topological polar surface area (TPSA) is 90.2 Å². The van der Waals surface area contributed by atoms with E-state index in [1.165, 1.54) is 13.0 Å². The van der Waals surface area contributed by atoms with Crippen LogP contribution in [0.2, 0.25) is 0 Å². The van der Waals surface area contributed by atoms with Crippen LogP contribution in [0.4, 0.5) is 13.2 Å². The molecule has 0 aliphatic heterocycles. The van der Waals surface area contributed by atoms with Gasteiger partial charge >= 0.3 is 12.1 Å². The van der Waals surface area contributed by atoms with Crippen molar-refractivity contribution >= 4 is 11.9 Å². The van der Waals surface area contributed by atoms with Gasteiger partial charge in [0.05, 0.1) is 17.2 Å². The van der Waals surface area contributed by atoms with E-state index in [0.717, 1.165) is 18.2 Å². The average Bonchev–Trinajstić information content (AvgIpc) is 2.45. The van der Waals surface area contributed by atoms with Crippen LogP contribution in [0.1, 0.15) is 29.3 Å². The van der Waals surface area contributed by atoms with Crippen molar-refractivity contribution in [3.05, 3.63) is 35.4 Å². The Morgan fingerprint density at radius 1 is 1.36 bits per heavy atom. The van der Waals surface area contributed by atoms with E-state index < -0.39 is 41.1 Å². The molecule has 0 unspecified atom stereocenters. The Kier molecular flexibility index (Phi) is 5.51. The molecule has 1 aromatic carbocycles. The molecule has 5 nitrogen and oxygen atoms in total. The molecule has 2 N–H and O–H groups in total. The molecule has 1 aromatic rings. The molecule has 22 heavy (non-hydrogen) atoms. The summed E-state index contributed by atoms with van der Waals surface area (Å²) in [5.41, 5.74) is -1.81. The highest BCUT2D eigenvalue weighted by Gasteiger charge is 2.35. The van der Waals surface area contributed by atoms with Crippen molar-refractivity contribution in [2.24, 2.45) is 5.92 Å². The van der Waals surface area contributed by atoms with Crippen molar-refractivity contribution in [2.45, 2.75) is 25.6 Å². The lowest BCUT2D eigenvalue weighted by Gasteiger charge is -2.17. The molecule has 1 amide bonds. The lowest BCUT2D eigenvalue weighted by molar-refractivity contribution is -0.139. The van der Waals surface area contributed by atoms with Gasteiger partial charge in [0.15, 0.2) is 0 Å². The zero-order chi connectivity index (χ0) is 16.9. The summed E-state index contributed by atoms with van der Waals surface area (Å²) in [7, 11) is 0. The number of nitriles is 1. The predicted molar refractivity (Wildman–Crippen MR) is 69.7 cm³/mol. The summed E-state index contributed by atoms with van der Waals surface area (Å²) < 4.78 is 38.5. The van der Waals surface area contributed by atoms with Gasteiger partial charge in [-0.05, 0) is 25.5 Å². The van der Waals surface area contributed by atoms with Crippen LogP contribution in [0.25, 0.3) is 0 Å². The summed E-state index contributed by atoms with van der Waals surface area (Å²) in [6, 6.07) is 4.44. The van der Waals surface area contributed by atoms with Crippen LogP contribution in [-0.4, -0.2) is 23.0 Å². The second kappa shape index (κ2) is 6.93. The molecule has 0 saturated carbocycles. The highest BCUT2D eigenvalue weighted by molar-refractivity contribution is 5.98. The number of carbonyl (C=O) groups excluding carboxylic acids is 1. The number of alkyl halides is 3. The molecule has 118 valence electrons. The maximum atomic E-state index is 12.8. The van der Waals surface area contributed by atoms with E-state index in [0.29, 0.717) is 0 Å². The molecule has 0 saturated heterocycles. The first kappa shape index (κ1) is 17.5. The van der Waals surface area contributed by atoms with E-state index in [1.54, 1.807) is 6.07 Å². The van der Waals surface area contributed by atoms with Crippen molar-refractivity contribution in [1.82, 2.24) is 5.32 Å². The molecular weight excluding hydrogens is 301 g/mol. The van der Waals surface area contributed by atoms with Gasteiger partial charge in [-0.2, -0.15) is 18.4 Å². The van der Waals surface area contributed by atoms with Crippen LogP contribution >= 0.6 is 0 Å². The minimum atomic E-state index is -4.73. The SMILES string of the molecule is C[C@@H](C#N)C[C@H](NC(=O)c1ccccc1C(F)(F)F)C(=O)O. The van der Waals surface area contributed by atoms with Gasteiger partial charge < -0.3 is 10.4 Å². The average molecular weight is 314 g/mol. The summed E-state index contributed by atoms with van der Waals surface area (Å²) >= 11 is 0. The summed E-state index contributed by atoms with van der Waals surface area (Å²) in [6.45, 7) is 1.45. The van der Waals surface area contributed by atoms with Gasteiger partial charge in [0.25, 0.3) is 5.91 Å².